The quantitative estimate of drug-likeness (QED) is 0.775. The number of alkyl halides is 3. The predicted molar refractivity (Wildman–Crippen MR) is 82.6 cm³/mol. The molecule has 0 aliphatic heterocycles. The van der Waals surface area contributed by atoms with Gasteiger partial charge in [-0.25, -0.2) is 4.98 Å². The van der Waals surface area contributed by atoms with Crippen LogP contribution in [0.4, 0.5) is 19.0 Å². The number of nitrogen functional groups attached to an aromatic ring is 1. The van der Waals surface area contributed by atoms with E-state index in [0.717, 1.165) is 6.08 Å². The number of hydrogen-bond acceptors (Lipinski definition) is 2. The Kier molecular flexibility index (Phi) is 7.77. The van der Waals surface area contributed by atoms with Gasteiger partial charge in [0.25, 0.3) is 0 Å². The summed E-state index contributed by atoms with van der Waals surface area (Å²) in [7, 11) is 0. The molecule has 0 atom stereocenters. The Morgan fingerprint density at radius 3 is 2.19 bits per heavy atom. The molecular formula is C16H23F3N2. The summed E-state index contributed by atoms with van der Waals surface area (Å²) in [4.78, 5) is 4.04. The summed E-state index contributed by atoms with van der Waals surface area (Å²) < 4.78 is 38.8. The van der Waals surface area contributed by atoms with Crippen molar-refractivity contribution in [2.45, 2.75) is 40.8 Å². The molecule has 0 saturated heterocycles. The zero-order valence-corrected chi connectivity index (χ0v) is 13.1. The molecule has 0 fully saturated rings. The number of hydrogen-bond donors (Lipinski definition) is 1. The Bertz CT molecular complexity index is 500. The van der Waals surface area contributed by atoms with E-state index in [2.05, 4.69) is 4.98 Å². The minimum Gasteiger partial charge on any atom is -0.384 e. The summed E-state index contributed by atoms with van der Waals surface area (Å²) in [5, 5.41) is 0. The van der Waals surface area contributed by atoms with Crippen molar-refractivity contribution in [3.63, 3.8) is 0 Å². The Morgan fingerprint density at radius 2 is 1.81 bits per heavy atom. The Labute approximate surface area is 124 Å². The van der Waals surface area contributed by atoms with E-state index in [-0.39, 0.29) is 5.82 Å². The van der Waals surface area contributed by atoms with Crippen LogP contribution in [0, 0.1) is 5.92 Å². The lowest BCUT2D eigenvalue weighted by Crippen LogP contribution is -2.16. The molecule has 0 radical (unpaired) electrons. The highest BCUT2D eigenvalue weighted by Crippen LogP contribution is 2.33. The average Bonchev–Trinajstić information content (AvgIpc) is 2.40. The van der Waals surface area contributed by atoms with Crippen LogP contribution < -0.4 is 5.73 Å². The highest BCUT2D eigenvalue weighted by Gasteiger charge is 2.35. The fourth-order valence-corrected chi connectivity index (χ4v) is 1.66. The summed E-state index contributed by atoms with van der Waals surface area (Å²) in [6.45, 7) is 8.70. The lowest BCUT2D eigenvalue weighted by atomic mass is 9.98. The average molecular weight is 300 g/mol. The molecule has 2 nitrogen and oxygen atoms in total. The molecule has 0 aliphatic carbocycles. The first-order chi connectivity index (χ1) is 9.75. The molecule has 0 aromatic carbocycles. The zero-order chi connectivity index (χ0) is 16.6. The van der Waals surface area contributed by atoms with Crippen LogP contribution in [0.3, 0.4) is 0 Å². The second kappa shape index (κ2) is 8.49. The van der Waals surface area contributed by atoms with Gasteiger partial charge in [-0.1, -0.05) is 39.8 Å². The number of halogens is 3. The maximum Gasteiger partial charge on any atom is 0.412 e. The SMILES string of the molecule is C/C=C(\C=C(/C(C)C)C(F)(F)F)c1cccc(N)n1.CC. The van der Waals surface area contributed by atoms with Crippen molar-refractivity contribution >= 4 is 11.4 Å². The van der Waals surface area contributed by atoms with Crippen LogP contribution in [0.2, 0.25) is 0 Å². The maximum atomic E-state index is 12.9. The van der Waals surface area contributed by atoms with E-state index in [9.17, 15) is 13.2 Å². The molecule has 1 aromatic heterocycles. The van der Waals surface area contributed by atoms with Gasteiger partial charge in [0, 0.05) is 5.57 Å². The van der Waals surface area contributed by atoms with E-state index < -0.39 is 17.7 Å². The first-order valence-corrected chi connectivity index (χ1v) is 6.93. The van der Waals surface area contributed by atoms with Crippen LogP contribution in [0.1, 0.15) is 40.3 Å². The Morgan fingerprint density at radius 1 is 1.24 bits per heavy atom. The second-order valence-corrected chi connectivity index (χ2v) is 4.44. The third-order valence-corrected chi connectivity index (χ3v) is 2.64. The summed E-state index contributed by atoms with van der Waals surface area (Å²) in [5.41, 5.74) is 5.81. The Hall–Kier alpha value is -1.78. The van der Waals surface area contributed by atoms with Gasteiger partial charge >= 0.3 is 6.18 Å². The topological polar surface area (TPSA) is 38.9 Å². The Balaban J connectivity index is 0.00000191. The number of aromatic nitrogens is 1. The van der Waals surface area contributed by atoms with Gasteiger partial charge < -0.3 is 5.73 Å². The summed E-state index contributed by atoms with van der Waals surface area (Å²) in [5.74, 6) is -0.334. The van der Waals surface area contributed by atoms with Crippen molar-refractivity contribution in [3.05, 3.63) is 41.6 Å². The third kappa shape index (κ3) is 6.02. The smallest absolute Gasteiger partial charge is 0.384 e. The van der Waals surface area contributed by atoms with E-state index in [4.69, 9.17) is 5.73 Å². The molecule has 0 bridgehead atoms. The van der Waals surface area contributed by atoms with Gasteiger partial charge in [-0.2, -0.15) is 13.2 Å². The monoisotopic (exact) mass is 300 g/mol. The third-order valence-electron chi connectivity index (χ3n) is 2.64. The van der Waals surface area contributed by atoms with Gasteiger partial charge in [0.2, 0.25) is 0 Å². The van der Waals surface area contributed by atoms with E-state index in [1.165, 1.54) is 13.8 Å². The molecule has 118 valence electrons. The van der Waals surface area contributed by atoms with Crippen LogP contribution >= 0.6 is 0 Å². The maximum absolute atomic E-state index is 12.9. The van der Waals surface area contributed by atoms with Crippen molar-refractivity contribution in [2.24, 2.45) is 5.92 Å². The number of nitrogens with two attached hydrogens (primary N) is 1. The van der Waals surface area contributed by atoms with Gasteiger partial charge in [-0.15, -0.1) is 0 Å². The van der Waals surface area contributed by atoms with Crippen molar-refractivity contribution in [1.82, 2.24) is 4.98 Å². The number of rotatable bonds is 3. The standard InChI is InChI=1S/C14H17F3N2.C2H6/c1-4-10(12-6-5-7-13(18)19-12)8-11(9(2)3)14(15,16)17;1-2/h4-9H,1-3H3,(H2,18,19);1-2H3/b10-4+,11-8+;. The van der Waals surface area contributed by atoms with E-state index >= 15 is 0 Å². The van der Waals surface area contributed by atoms with Gasteiger partial charge in [0.15, 0.2) is 0 Å². The molecule has 0 saturated carbocycles. The second-order valence-electron chi connectivity index (χ2n) is 4.44. The predicted octanol–water partition coefficient (Wildman–Crippen LogP) is 5.24. The molecule has 21 heavy (non-hydrogen) atoms. The summed E-state index contributed by atoms with van der Waals surface area (Å²) in [6.07, 6.45) is -1.62. The molecule has 0 amide bonds. The largest absolute Gasteiger partial charge is 0.412 e. The van der Waals surface area contributed by atoms with Gasteiger partial charge in [0.1, 0.15) is 5.82 Å². The number of anilines is 1. The van der Waals surface area contributed by atoms with Gasteiger partial charge in [0.05, 0.1) is 5.69 Å². The summed E-state index contributed by atoms with van der Waals surface area (Å²) >= 11 is 0. The summed E-state index contributed by atoms with van der Waals surface area (Å²) in [6, 6.07) is 4.89. The first kappa shape index (κ1) is 19.2. The normalized spacial score (nSPS) is 13.0. The molecule has 5 heteroatoms. The lowest BCUT2D eigenvalue weighted by Gasteiger charge is -2.16. The van der Waals surface area contributed by atoms with Crippen molar-refractivity contribution in [2.75, 3.05) is 5.73 Å². The van der Waals surface area contributed by atoms with Crippen molar-refractivity contribution in [1.29, 1.82) is 0 Å². The molecule has 0 unspecified atom stereocenters. The van der Waals surface area contributed by atoms with E-state index in [0.29, 0.717) is 11.3 Å². The molecular weight excluding hydrogens is 277 g/mol. The molecule has 0 spiro atoms. The van der Waals surface area contributed by atoms with Crippen molar-refractivity contribution in [3.8, 4) is 0 Å². The number of allylic oxidation sites excluding steroid dienone is 4. The highest BCUT2D eigenvalue weighted by molar-refractivity contribution is 5.73. The van der Waals surface area contributed by atoms with Gasteiger partial charge in [-0.05, 0) is 36.6 Å². The van der Waals surface area contributed by atoms with Crippen molar-refractivity contribution < 1.29 is 13.2 Å². The minimum absolute atomic E-state index is 0.281. The van der Waals surface area contributed by atoms with E-state index in [1.807, 2.05) is 13.8 Å². The number of pyridine rings is 1. The fraction of sp³-hybridized carbons (Fsp3) is 0.438. The van der Waals surface area contributed by atoms with Crippen LogP contribution in [0.25, 0.3) is 5.57 Å². The molecule has 2 N–H and O–H groups in total. The fourth-order valence-electron chi connectivity index (χ4n) is 1.66. The van der Waals surface area contributed by atoms with Gasteiger partial charge in [-0.3, -0.25) is 0 Å². The lowest BCUT2D eigenvalue weighted by molar-refractivity contribution is -0.0975. The zero-order valence-electron chi connectivity index (χ0n) is 13.1. The van der Waals surface area contributed by atoms with E-state index in [1.54, 1.807) is 31.2 Å². The van der Waals surface area contributed by atoms with Crippen LogP contribution in [0.5, 0.6) is 0 Å². The van der Waals surface area contributed by atoms with Crippen LogP contribution in [-0.4, -0.2) is 11.2 Å². The number of nitrogens with zero attached hydrogens (tertiary/aromatic N) is 1. The first-order valence-electron chi connectivity index (χ1n) is 6.93. The van der Waals surface area contributed by atoms with Crippen LogP contribution in [-0.2, 0) is 0 Å². The molecule has 0 aliphatic rings. The minimum atomic E-state index is -4.34. The molecule has 1 aromatic rings. The highest BCUT2D eigenvalue weighted by atomic mass is 19.4. The molecule has 1 heterocycles. The van der Waals surface area contributed by atoms with Crippen LogP contribution in [0.15, 0.2) is 35.9 Å². The molecule has 1 rings (SSSR count).